The maximum atomic E-state index is 12.8. The second-order valence-corrected chi connectivity index (χ2v) is 8.25. The van der Waals surface area contributed by atoms with Crippen LogP contribution in [0, 0.1) is 0 Å². The molecule has 6 nitrogen and oxygen atoms in total. The van der Waals surface area contributed by atoms with Crippen LogP contribution in [0.25, 0.3) is 10.9 Å². The third kappa shape index (κ3) is 3.22. The summed E-state index contributed by atoms with van der Waals surface area (Å²) < 4.78 is 2.01. The van der Waals surface area contributed by atoms with Gasteiger partial charge in [0.25, 0.3) is 5.91 Å². The van der Waals surface area contributed by atoms with Crippen LogP contribution >= 0.6 is 0 Å². The molecule has 5 rings (SSSR count). The van der Waals surface area contributed by atoms with Crippen LogP contribution in [0.3, 0.4) is 0 Å². The summed E-state index contributed by atoms with van der Waals surface area (Å²) in [5.74, 6) is -0.0735. The van der Waals surface area contributed by atoms with E-state index in [1.54, 1.807) is 6.20 Å². The highest BCUT2D eigenvalue weighted by Gasteiger charge is 2.20. The van der Waals surface area contributed by atoms with Gasteiger partial charge in [-0.25, -0.2) is 0 Å². The Morgan fingerprint density at radius 3 is 2.89 bits per heavy atom. The largest absolute Gasteiger partial charge is 0.358 e. The Hall–Kier alpha value is -2.60. The fourth-order valence-corrected chi connectivity index (χ4v) is 4.61. The number of likely N-dealkylation sites (tertiary alicyclic amines) is 1. The summed E-state index contributed by atoms with van der Waals surface area (Å²) in [6.07, 6.45) is 10.6. The first kappa shape index (κ1) is 17.5. The van der Waals surface area contributed by atoms with Crippen molar-refractivity contribution < 1.29 is 4.79 Å². The molecule has 1 aromatic carbocycles. The molecule has 28 heavy (non-hydrogen) atoms. The van der Waals surface area contributed by atoms with E-state index in [0.717, 1.165) is 50.0 Å². The summed E-state index contributed by atoms with van der Waals surface area (Å²) in [5, 5.41) is 8.71. The topological polar surface area (TPSA) is 65.9 Å². The Balaban J connectivity index is 1.33. The third-order valence-electron chi connectivity index (χ3n) is 6.28. The van der Waals surface area contributed by atoms with E-state index in [9.17, 15) is 4.79 Å². The number of aromatic nitrogens is 3. The lowest BCUT2D eigenvalue weighted by atomic mass is 9.95. The minimum absolute atomic E-state index is 0.0735. The number of nitrogens with one attached hydrogen (secondary N) is 2. The van der Waals surface area contributed by atoms with Gasteiger partial charge in [0.1, 0.15) is 0 Å². The summed E-state index contributed by atoms with van der Waals surface area (Å²) in [4.78, 5) is 18.7. The van der Waals surface area contributed by atoms with Crippen LogP contribution in [0.4, 0.5) is 5.69 Å². The van der Waals surface area contributed by atoms with Crippen molar-refractivity contribution >= 4 is 22.5 Å². The summed E-state index contributed by atoms with van der Waals surface area (Å²) in [7, 11) is 2.16. The second-order valence-electron chi connectivity index (χ2n) is 8.25. The van der Waals surface area contributed by atoms with Crippen molar-refractivity contribution in [3.63, 3.8) is 0 Å². The van der Waals surface area contributed by atoms with Gasteiger partial charge in [0, 0.05) is 28.4 Å². The number of hydrogen-bond acceptors (Lipinski definition) is 3. The van der Waals surface area contributed by atoms with Crippen LogP contribution in [0.5, 0.6) is 0 Å². The molecule has 0 bridgehead atoms. The quantitative estimate of drug-likeness (QED) is 0.730. The van der Waals surface area contributed by atoms with E-state index in [0.29, 0.717) is 11.6 Å². The minimum Gasteiger partial charge on any atom is -0.358 e. The Bertz CT molecular complexity index is 1010. The number of piperidine rings is 1. The van der Waals surface area contributed by atoms with E-state index in [4.69, 9.17) is 0 Å². The number of amides is 1. The van der Waals surface area contributed by atoms with Crippen molar-refractivity contribution in [3.05, 3.63) is 47.4 Å². The Morgan fingerprint density at radius 2 is 2.04 bits per heavy atom. The fraction of sp³-hybridized carbons (Fsp3) is 0.455. The van der Waals surface area contributed by atoms with Gasteiger partial charge in [-0.15, -0.1) is 0 Å². The Labute approximate surface area is 164 Å². The number of aryl methyl sites for hydroxylation is 2. The Kier molecular flexibility index (Phi) is 4.43. The molecule has 1 amide bonds. The first-order valence-corrected chi connectivity index (χ1v) is 10.3. The molecule has 0 saturated carbocycles. The first-order chi connectivity index (χ1) is 13.7. The van der Waals surface area contributed by atoms with Gasteiger partial charge in [-0.05, 0) is 82.4 Å². The molecule has 146 valence electrons. The number of anilines is 1. The third-order valence-corrected chi connectivity index (χ3v) is 6.28. The number of aromatic amines is 1. The maximum Gasteiger partial charge on any atom is 0.255 e. The number of hydrogen-bond donors (Lipinski definition) is 2. The van der Waals surface area contributed by atoms with Gasteiger partial charge < -0.3 is 15.2 Å². The van der Waals surface area contributed by atoms with Crippen molar-refractivity contribution in [3.8, 4) is 0 Å². The van der Waals surface area contributed by atoms with Gasteiger partial charge in [-0.3, -0.25) is 9.48 Å². The van der Waals surface area contributed by atoms with Crippen molar-refractivity contribution in [2.24, 2.45) is 0 Å². The zero-order valence-corrected chi connectivity index (χ0v) is 16.4. The molecule has 1 saturated heterocycles. The van der Waals surface area contributed by atoms with E-state index < -0.39 is 0 Å². The predicted molar refractivity (Wildman–Crippen MR) is 111 cm³/mol. The lowest BCUT2D eigenvalue weighted by Gasteiger charge is -2.28. The summed E-state index contributed by atoms with van der Waals surface area (Å²) >= 11 is 0. The average molecular weight is 377 g/mol. The molecule has 0 radical (unpaired) electrons. The average Bonchev–Trinajstić information content (AvgIpc) is 3.32. The van der Waals surface area contributed by atoms with Crippen LogP contribution in [0.1, 0.15) is 53.3 Å². The number of carbonyl (C=O) groups is 1. The van der Waals surface area contributed by atoms with E-state index in [-0.39, 0.29) is 5.91 Å². The molecule has 3 aromatic rings. The monoisotopic (exact) mass is 377 g/mol. The molecule has 3 heterocycles. The van der Waals surface area contributed by atoms with Crippen LogP contribution in [0.15, 0.2) is 30.6 Å². The summed E-state index contributed by atoms with van der Waals surface area (Å²) in [6, 6.07) is 6.39. The van der Waals surface area contributed by atoms with Crippen molar-refractivity contribution in [2.75, 3.05) is 25.5 Å². The molecule has 2 aromatic heterocycles. The van der Waals surface area contributed by atoms with E-state index in [1.165, 1.54) is 29.5 Å². The number of H-pyrrole nitrogens is 1. The molecule has 2 aliphatic rings. The van der Waals surface area contributed by atoms with Crippen LogP contribution in [-0.4, -0.2) is 45.7 Å². The van der Waals surface area contributed by atoms with Gasteiger partial charge in [0.2, 0.25) is 0 Å². The van der Waals surface area contributed by atoms with Gasteiger partial charge in [0.15, 0.2) is 0 Å². The molecule has 1 aliphatic carbocycles. The van der Waals surface area contributed by atoms with E-state index in [1.807, 2.05) is 29.1 Å². The lowest BCUT2D eigenvalue weighted by Crippen LogP contribution is -2.31. The molecular formula is C22H27N5O. The van der Waals surface area contributed by atoms with Crippen LogP contribution < -0.4 is 5.32 Å². The number of fused-ring (bicyclic) bond motifs is 3. The zero-order chi connectivity index (χ0) is 19.1. The molecule has 0 unspecified atom stereocenters. The highest BCUT2D eigenvalue weighted by atomic mass is 16.1. The Morgan fingerprint density at radius 1 is 1.21 bits per heavy atom. The molecule has 2 N–H and O–H groups in total. The smallest absolute Gasteiger partial charge is 0.255 e. The van der Waals surface area contributed by atoms with Crippen molar-refractivity contribution in [1.82, 2.24) is 19.7 Å². The van der Waals surface area contributed by atoms with Gasteiger partial charge in [-0.2, -0.15) is 5.10 Å². The highest BCUT2D eigenvalue weighted by molar-refractivity contribution is 6.06. The van der Waals surface area contributed by atoms with Gasteiger partial charge >= 0.3 is 0 Å². The molecular weight excluding hydrogens is 350 g/mol. The molecule has 0 atom stereocenters. The number of nitrogens with zero attached hydrogens (tertiary/aromatic N) is 3. The van der Waals surface area contributed by atoms with Crippen LogP contribution in [-0.2, 0) is 12.8 Å². The SMILES string of the molecule is CN1CCC(n2cc(NC(=O)c3ccc4[nH]c5c(c4c3)CCCC5)cn2)CC1. The van der Waals surface area contributed by atoms with Crippen molar-refractivity contribution in [2.45, 2.75) is 44.6 Å². The lowest BCUT2D eigenvalue weighted by molar-refractivity contribution is 0.102. The normalized spacial score (nSPS) is 18.3. The van der Waals surface area contributed by atoms with Gasteiger partial charge in [-0.1, -0.05) is 0 Å². The first-order valence-electron chi connectivity index (χ1n) is 10.3. The number of rotatable bonds is 3. The number of benzene rings is 1. The zero-order valence-electron chi connectivity index (χ0n) is 16.4. The van der Waals surface area contributed by atoms with E-state index >= 15 is 0 Å². The maximum absolute atomic E-state index is 12.8. The van der Waals surface area contributed by atoms with Crippen LogP contribution in [0.2, 0.25) is 0 Å². The van der Waals surface area contributed by atoms with Gasteiger partial charge in [0.05, 0.1) is 17.9 Å². The summed E-state index contributed by atoms with van der Waals surface area (Å²) in [6.45, 7) is 2.18. The van der Waals surface area contributed by atoms with E-state index in [2.05, 4.69) is 27.3 Å². The predicted octanol–water partition coefficient (Wildman–Crippen LogP) is 3.76. The highest BCUT2D eigenvalue weighted by Crippen LogP contribution is 2.30. The molecule has 0 spiro atoms. The fourth-order valence-electron chi connectivity index (χ4n) is 4.61. The molecule has 1 fully saturated rings. The standard InChI is InChI=1S/C22H27N5O/c1-26-10-8-17(9-11-26)27-14-16(13-23-27)24-22(28)15-6-7-21-19(12-15)18-4-2-3-5-20(18)25-21/h6-7,12-14,17,25H,2-5,8-11H2,1H3,(H,24,28). The number of carbonyl (C=O) groups excluding carboxylic acids is 1. The minimum atomic E-state index is -0.0735. The second kappa shape index (κ2) is 7.09. The molecule has 1 aliphatic heterocycles. The summed E-state index contributed by atoms with van der Waals surface area (Å²) in [5.41, 5.74) is 5.34. The molecule has 6 heteroatoms. The van der Waals surface area contributed by atoms with Crippen molar-refractivity contribution in [1.29, 1.82) is 0 Å².